The maximum absolute atomic E-state index is 13.6. The number of Topliss-reactive ketones (excluding diaryl/α,β-unsaturated/α-hetero) is 1. The van der Waals surface area contributed by atoms with E-state index >= 15 is 0 Å². The van der Waals surface area contributed by atoms with E-state index in [0.29, 0.717) is 32.5 Å². The van der Waals surface area contributed by atoms with Gasteiger partial charge in [0.15, 0.2) is 10.9 Å². The lowest BCUT2D eigenvalue weighted by Gasteiger charge is -2.13. The number of rotatable bonds is 7. The Morgan fingerprint density at radius 1 is 1.26 bits per heavy atom. The molecule has 3 aromatic heterocycles. The minimum atomic E-state index is -0.125. The van der Waals surface area contributed by atoms with Crippen LogP contribution in [0.25, 0.3) is 15.9 Å². The van der Waals surface area contributed by atoms with Crippen molar-refractivity contribution in [3.63, 3.8) is 0 Å². The number of carbonyl (C=O) groups is 1. The van der Waals surface area contributed by atoms with E-state index in [2.05, 4.69) is 6.92 Å². The molecular formula is C23H23N3O3S2. The van der Waals surface area contributed by atoms with E-state index < -0.39 is 0 Å². The molecule has 0 aliphatic carbocycles. The minimum Gasteiger partial charge on any atom is -0.497 e. The van der Waals surface area contributed by atoms with Gasteiger partial charge >= 0.3 is 0 Å². The summed E-state index contributed by atoms with van der Waals surface area (Å²) < 4.78 is 8.74. The molecule has 1 aromatic carbocycles. The number of nitrogens with zero attached hydrogens (tertiary/aromatic N) is 3. The highest BCUT2D eigenvalue weighted by molar-refractivity contribution is 7.99. The molecular weight excluding hydrogens is 430 g/mol. The van der Waals surface area contributed by atoms with Gasteiger partial charge in [-0.15, -0.1) is 11.3 Å². The quantitative estimate of drug-likeness (QED) is 0.232. The highest BCUT2D eigenvalue weighted by Gasteiger charge is 2.20. The summed E-state index contributed by atoms with van der Waals surface area (Å²) in [5, 5.41) is 1.14. The van der Waals surface area contributed by atoms with Crippen molar-refractivity contribution in [3.05, 3.63) is 69.1 Å². The zero-order valence-corrected chi connectivity index (χ0v) is 19.5. The summed E-state index contributed by atoms with van der Waals surface area (Å²) in [6.45, 7) is 4.05. The lowest BCUT2D eigenvalue weighted by Crippen LogP contribution is -2.22. The van der Waals surface area contributed by atoms with Crippen LogP contribution in [0.4, 0.5) is 0 Å². The Bertz CT molecular complexity index is 1330. The first-order valence-electron chi connectivity index (χ1n) is 9.91. The zero-order chi connectivity index (χ0) is 22.1. The predicted octanol–water partition coefficient (Wildman–Crippen LogP) is 4.64. The number of ketones is 1. The normalized spacial score (nSPS) is 11.2. The van der Waals surface area contributed by atoms with Gasteiger partial charge in [-0.25, -0.2) is 4.98 Å². The minimum absolute atomic E-state index is 0.0133. The molecule has 160 valence electrons. The summed E-state index contributed by atoms with van der Waals surface area (Å²) in [5.74, 6) is 0.822. The smallest absolute Gasteiger partial charge is 0.267 e. The Balaban J connectivity index is 1.85. The number of aromatic nitrogens is 3. The van der Waals surface area contributed by atoms with E-state index in [1.165, 1.54) is 11.8 Å². The third kappa shape index (κ3) is 3.93. The summed E-state index contributed by atoms with van der Waals surface area (Å²) in [6.07, 6.45) is 2.69. The molecule has 31 heavy (non-hydrogen) atoms. The standard InChI is InChI=1S/C23H23N3O3S2/c1-5-19-14(2)20-21(31-19)24-23(30-13-18(27)17-10-7-11-25(17)3)26(22(20)28)15-8-6-9-16(12-15)29-4/h6-12H,5,13H2,1-4H3. The van der Waals surface area contributed by atoms with Gasteiger partial charge in [0.1, 0.15) is 10.6 Å². The van der Waals surface area contributed by atoms with Crippen molar-refractivity contribution >= 4 is 39.1 Å². The lowest BCUT2D eigenvalue weighted by atomic mass is 10.2. The fraction of sp³-hybridized carbons (Fsp3) is 0.261. The SMILES string of the molecule is CCc1sc2nc(SCC(=O)c3cccn3C)n(-c3cccc(OC)c3)c(=O)c2c1C. The van der Waals surface area contributed by atoms with Crippen molar-refractivity contribution in [1.82, 2.24) is 14.1 Å². The van der Waals surface area contributed by atoms with Crippen molar-refractivity contribution in [3.8, 4) is 11.4 Å². The van der Waals surface area contributed by atoms with Crippen LogP contribution < -0.4 is 10.3 Å². The van der Waals surface area contributed by atoms with Gasteiger partial charge in [0, 0.05) is 24.2 Å². The lowest BCUT2D eigenvalue weighted by molar-refractivity contribution is 0.101. The van der Waals surface area contributed by atoms with Gasteiger partial charge in [0.2, 0.25) is 0 Å². The fourth-order valence-electron chi connectivity index (χ4n) is 3.58. The van der Waals surface area contributed by atoms with Crippen molar-refractivity contribution in [1.29, 1.82) is 0 Å². The van der Waals surface area contributed by atoms with Crippen LogP contribution in [0.3, 0.4) is 0 Å². The van der Waals surface area contributed by atoms with Crippen LogP contribution in [0.2, 0.25) is 0 Å². The number of aryl methyl sites for hydroxylation is 3. The number of fused-ring (bicyclic) bond motifs is 1. The molecule has 0 fully saturated rings. The zero-order valence-electron chi connectivity index (χ0n) is 17.8. The molecule has 8 heteroatoms. The van der Waals surface area contributed by atoms with Crippen molar-refractivity contribution in [2.45, 2.75) is 25.4 Å². The van der Waals surface area contributed by atoms with Crippen LogP contribution >= 0.6 is 23.1 Å². The monoisotopic (exact) mass is 453 g/mol. The molecule has 0 bridgehead atoms. The molecule has 0 saturated heterocycles. The average Bonchev–Trinajstić information content (AvgIpc) is 3.34. The van der Waals surface area contributed by atoms with Gasteiger partial charge < -0.3 is 9.30 Å². The van der Waals surface area contributed by atoms with Crippen LogP contribution in [0.15, 0.2) is 52.5 Å². The van der Waals surface area contributed by atoms with E-state index in [1.807, 2.05) is 44.4 Å². The number of ether oxygens (including phenoxy) is 1. The van der Waals surface area contributed by atoms with Crippen LogP contribution in [0, 0.1) is 6.92 Å². The van der Waals surface area contributed by atoms with E-state index in [9.17, 15) is 9.59 Å². The Morgan fingerprint density at radius 3 is 2.74 bits per heavy atom. The van der Waals surface area contributed by atoms with E-state index in [0.717, 1.165) is 16.9 Å². The van der Waals surface area contributed by atoms with Gasteiger partial charge in [0.25, 0.3) is 5.56 Å². The molecule has 0 amide bonds. The summed E-state index contributed by atoms with van der Waals surface area (Å²) in [4.78, 5) is 33.0. The number of hydrogen-bond acceptors (Lipinski definition) is 6. The van der Waals surface area contributed by atoms with Crippen molar-refractivity contribution < 1.29 is 9.53 Å². The molecule has 6 nitrogen and oxygen atoms in total. The molecule has 0 unspecified atom stereocenters. The molecule has 0 aliphatic heterocycles. The molecule has 0 radical (unpaired) electrons. The first-order chi connectivity index (χ1) is 14.9. The second kappa shape index (κ2) is 8.72. The van der Waals surface area contributed by atoms with E-state index in [-0.39, 0.29) is 17.1 Å². The molecule has 4 rings (SSSR count). The molecule has 0 atom stereocenters. The summed E-state index contributed by atoms with van der Waals surface area (Å²) in [5.41, 5.74) is 2.15. The molecule has 0 N–H and O–H groups in total. The molecule has 3 heterocycles. The number of carbonyl (C=O) groups excluding carboxylic acids is 1. The number of hydrogen-bond donors (Lipinski definition) is 0. The second-order valence-corrected chi connectivity index (χ2v) is 9.16. The highest BCUT2D eigenvalue weighted by atomic mass is 32.2. The first-order valence-corrected chi connectivity index (χ1v) is 11.7. The fourth-order valence-corrected chi connectivity index (χ4v) is 5.62. The third-order valence-corrected chi connectivity index (χ3v) is 7.50. The van der Waals surface area contributed by atoms with Gasteiger partial charge in [-0.2, -0.15) is 0 Å². The average molecular weight is 454 g/mol. The van der Waals surface area contributed by atoms with Gasteiger partial charge in [-0.1, -0.05) is 24.8 Å². The van der Waals surface area contributed by atoms with Crippen LogP contribution in [-0.4, -0.2) is 32.8 Å². The Labute approximate surface area is 188 Å². The van der Waals surface area contributed by atoms with E-state index in [1.54, 1.807) is 39.7 Å². The number of thioether (sulfide) groups is 1. The largest absolute Gasteiger partial charge is 0.497 e. The van der Waals surface area contributed by atoms with Gasteiger partial charge in [-0.3, -0.25) is 14.2 Å². The predicted molar refractivity (Wildman–Crippen MR) is 126 cm³/mol. The number of thiophene rings is 1. The number of benzene rings is 1. The molecule has 0 saturated carbocycles. The van der Waals surface area contributed by atoms with Crippen molar-refractivity contribution in [2.24, 2.45) is 7.05 Å². The highest BCUT2D eigenvalue weighted by Crippen LogP contribution is 2.31. The van der Waals surface area contributed by atoms with Crippen LogP contribution in [0.1, 0.15) is 27.9 Å². The number of methoxy groups -OCH3 is 1. The van der Waals surface area contributed by atoms with E-state index in [4.69, 9.17) is 9.72 Å². The maximum Gasteiger partial charge on any atom is 0.267 e. The molecule has 0 aliphatic rings. The Kier molecular flexibility index (Phi) is 6.02. The van der Waals surface area contributed by atoms with Gasteiger partial charge in [-0.05, 0) is 43.2 Å². The maximum atomic E-state index is 13.6. The van der Waals surface area contributed by atoms with Crippen molar-refractivity contribution in [2.75, 3.05) is 12.9 Å². The summed E-state index contributed by atoms with van der Waals surface area (Å²) in [7, 11) is 3.43. The van der Waals surface area contributed by atoms with Crippen LogP contribution in [0.5, 0.6) is 5.75 Å². The van der Waals surface area contributed by atoms with Crippen LogP contribution in [-0.2, 0) is 13.5 Å². The molecule has 4 aromatic rings. The summed E-state index contributed by atoms with van der Waals surface area (Å²) in [6, 6.07) is 11.0. The third-order valence-electron chi connectivity index (χ3n) is 5.23. The summed E-state index contributed by atoms with van der Waals surface area (Å²) >= 11 is 2.82. The molecule has 0 spiro atoms. The Morgan fingerprint density at radius 2 is 2.06 bits per heavy atom. The van der Waals surface area contributed by atoms with Gasteiger partial charge in [0.05, 0.1) is 29.6 Å². The topological polar surface area (TPSA) is 66.1 Å². The second-order valence-electron chi connectivity index (χ2n) is 7.14. The Hall–Kier alpha value is -2.84. The first kappa shape index (κ1) is 21.4.